The van der Waals surface area contributed by atoms with Gasteiger partial charge in [-0.25, -0.2) is 0 Å². The molecule has 0 spiro atoms. The summed E-state index contributed by atoms with van der Waals surface area (Å²) in [7, 11) is 3.67. The first-order valence-electron chi connectivity index (χ1n) is 8.62. The molecular formula is C18H26N4O2. The molecule has 1 aromatic carbocycles. The van der Waals surface area contributed by atoms with E-state index >= 15 is 0 Å². The number of nitrogens with one attached hydrogen (secondary N) is 1. The third-order valence-electron chi connectivity index (χ3n) is 4.68. The summed E-state index contributed by atoms with van der Waals surface area (Å²) in [6, 6.07) is 7.66. The Morgan fingerprint density at radius 2 is 2.00 bits per heavy atom. The van der Waals surface area contributed by atoms with Crippen LogP contribution in [-0.4, -0.2) is 48.8 Å². The van der Waals surface area contributed by atoms with Gasteiger partial charge in [-0.2, -0.15) is 4.98 Å². The number of ether oxygens (including phenoxy) is 1. The summed E-state index contributed by atoms with van der Waals surface area (Å²) in [4.78, 5) is 6.94. The Bertz CT molecular complexity index is 618. The largest absolute Gasteiger partial charge is 0.497 e. The molecule has 0 aliphatic carbocycles. The maximum Gasteiger partial charge on any atom is 0.257 e. The highest BCUT2D eigenvalue weighted by Gasteiger charge is 2.20. The van der Waals surface area contributed by atoms with Gasteiger partial charge in [0.1, 0.15) is 5.75 Å². The monoisotopic (exact) mass is 330 g/mol. The van der Waals surface area contributed by atoms with Crippen molar-refractivity contribution < 1.29 is 9.26 Å². The van der Waals surface area contributed by atoms with E-state index in [0.717, 1.165) is 49.2 Å². The molecule has 0 radical (unpaired) electrons. The summed E-state index contributed by atoms with van der Waals surface area (Å²) >= 11 is 0. The van der Waals surface area contributed by atoms with E-state index in [0.29, 0.717) is 5.89 Å². The number of likely N-dealkylation sites (tertiary alicyclic amines) is 1. The number of hydrogen-bond donors (Lipinski definition) is 1. The predicted molar refractivity (Wildman–Crippen MR) is 92.8 cm³/mol. The SMILES string of the molecule is CNCCC1CCN(Cc2noc(-c3ccc(OC)cc3)n2)CC1. The van der Waals surface area contributed by atoms with Crippen molar-refractivity contribution in [2.75, 3.05) is 33.8 Å². The summed E-state index contributed by atoms with van der Waals surface area (Å²) < 4.78 is 10.6. The average molecular weight is 330 g/mol. The molecule has 1 aromatic heterocycles. The minimum Gasteiger partial charge on any atom is -0.497 e. The minimum atomic E-state index is 0.566. The summed E-state index contributed by atoms with van der Waals surface area (Å²) in [6.07, 6.45) is 3.78. The second-order valence-electron chi connectivity index (χ2n) is 6.36. The lowest BCUT2D eigenvalue weighted by Crippen LogP contribution is -2.34. The molecule has 0 bridgehead atoms. The first-order chi connectivity index (χ1) is 11.8. The van der Waals surface area contributed by atoms with E-state index in [9.17, 15) is 0 Å². The van der Waals surface area contributed by atoms with E-state index in [1.54, 1.807) is 7.11 Å². The van der Waals surface area contributed by atoms with Gasteiger partial charge < -0.3 is 14.6 Å². The van der Waals surface area contributed by atoms with Crippen LogP contribution in [0.4, 0.5) is 0 Å². The number of nitrogens with zero attached hydrogens (tertiary/aromatic N) is 3. The van der Waals surface area contributed by atoms with Crippen LogP contribution in [0.15, 0.2) is 28.8 Å². The highest BCUT2D eigenvalue weighted by molar-refractivity contribution is 5.54. The fourth-order valence-corrected chi connectivity index (χ4v) is 3.15. The van der Waals surface area contributed by atoms with Crippen LogP contribution in [0, 0.1) is 5.92 Å². The second-order valence-corrected chi connectivity index (χ2v) is 6.36. The summed E-state index contributed by atoms with van der Waals surface area (Å²) in [6.45, 7) is 4.10. The lowest BCUT2D eigenvalue weighted by atomic mass is 9.93. The number of benzene rings is 1. The fraction of sp³-hybridized carbons (Fsp3) is 0.556. The van der Waals surface area contributed by atoms with Gasteiger partial charge in [0.05, 0.1) is 13.7 Å². The average Bonchev–Trinajstić information content (AvgIpc) is 3.10. The maximum atomic E-state index is 5.40. The van der Waals surface area contributed by atoms with Gasteiger partial charge in [-0.15, -0.1) is 0 Å². The van der Waals surface area contributed by atoms with Gasteiger partial charge in [-0.05, 0) is 76.1 Å². The molecule has 0 unspecified atom stereocenters. The quantitative estimate of drug-likeness (QED) is 0.842. The fourth-order valence-electron chi connectivity index (χ4n) is 3.15. The molecule has 24 heavy (non-hydrogen) atoms. The van der Waals surface area contributed by atoms with Crippen LogP contribution in [0.25, 0.3) is 11.5 Å². The smallest absolute Gasteiger partial charge is 0.257 e. The topological polar surface area (TPSA) is 63.4 Å². The van der Waals surface area contributed by atoms with E-state index in [2.05, 4.69) is 20.4 Å². The van der Waals surface area contributed by atoms with Gasteiger partial charge in [0.2, 0.25) is 0 Å². The highest BCUT2D eigenvalue weighted by atomic mass is 16.5. The molecule has 0 amide bonds. The summed E-state index contributed by atoms with van der Waals surface area (Å²) in [5, 5.41) is 7.37. The number of methoxy groups -OCH3 is 1. The zero-order valence-corrected chi connectivity index (χ0v) is 14.5. The van der Waals surface area contributed by atoms with Crippen molar-refractivity contribution in [3.8, 4) is 17.2 Å². The molecule has 1 aliphatic rings. The van der Waals surface area contributed by atoms with Crippen molar-refractivity contribution in [3.63, 3.8) is 0 Å². The molecule has 2 aromatic rings. The van der Waals surface area contributed by atoms with Gasteiger partial charge in [-0.1, -0.05) is 5.16 Å². The van der Waals surface area contributed by atoms with Gasteiger partial charge >= 0.3 is 0 Å². The number of hydrogen-bond acceptors (Lipinski definition) is 6. The lowest BCUT2D eigenvalue weighted by molar-refractivity contribution is 0.167. The number of piperidine rings is 1. The summed E-state index contributed by atoms with van der Waals surface area (Å²) in [5.74, 6) is 2.99. The van der Waals surface area contributed by atoms with Gasteiger partial charge in [-0.3, -0.25) is 4.90 Å². The molecule has 1 saturated heterocycles. The van der Waals surface area contributed by atoms with E-state index in [1.807, 2.05) is 31.3 Å². The van der Waals surface area contributed by atoms with Crippen LogP contribution >= 0.6 is 0 Å². The van der Waals surface area contributed by atoms with E-state index in [4.69, 9.17) is 9.26 Å². The zero-order chi connectivity index (χ0) is 16.8. The van der Waals surface area contributed by atoms with Crippen LogP contribution < -0.4 is 10.1 Å². The molecule has 6 heteroatoms. The maximum absolute atomic E-state index is 5.40. The second kappa shape index (κ2) is 8.26. The Labute approximate surface area is 143 Å². The number of rotatable bonds is 7. The molecule has 2 heterocycles. The minimum absolute atomic E-state index is 0.566. The van der Waals surface area contributed by atoms with Crippen LogP contribution in [0.1, 0.15) is 25.1 Å². The Balaban J connectivity index is 1.53. The van der Waals surface area contributed by atoms with E-state index in [1.165, 1.54) is 19.3 Å². The van der Waals surface area contributed by atoms with Gasteiger partial charge in [0.25, 0.3) is 5.89 Å². The third-order valence-corrected chi connectivity index (χ3v) is 4.68. The molecule has 1 N–H and O–H groups in total. The Kier molecular flexibility index (Phi) is 5.82. The van der Waals surface area contributed by atoms with Crippen LogP contribution in [0.3, 0.4) is 0 Å². The Morgan fingerprint density at radius 3 is 2.67 bits per heavy atom. The molecule has 1 aliphatic heterocycles. The predicted octanol–water partition coefficient (Wildman–Crippen LogP) is 2.57. The normalized spacial score (nSPS) is 16.4. The highest BCUT2D eigenvalue weighted by Crippen LogP contribution is 2.23. The van der Waals surface area contributed by atoms with Crippen molar-refractivity contribution in [2.45, 2.75) is 25.8 Å². The Hall–Kier alpha value is -1.92. The molecule has 130 valence electrons. The third kappa shape index (κ3) is 4.33. The van der Waals surface area contributed by atoms with Crippen molar-refractivity contribution in [3.05, 3.63) is 30.1 Å². The molecule has 3 rings (SSSR count). The van der Waals surface area contributed by atoms with E-state index < -0.39 is 0 Å². The van der Waals surface area contributed by atoms with Crippen molar-refractivity contribution in [1.82, 2.24) is 20.4 Å². The standard InChI is InChI=1S/C18H26N4O2/c1-19-10-7-14-8-11-22(12-9-14)13-17-20-18(24-21-17)15-3-5-16(23-2)6-4-15/h3-6,14,19H,7-13H2,1-2H3. The lowest BCUT2D eigenvalue weighted by Gasteiger charge is -2.31. The van der Waals surface area contributed by atoms with Gasteiger partial charge in [0, 0.05) is 5.56 Å². The zero-order valence-electron chi connectivity index (χ0n) is 14.5. The molecular weight excluding hydrogens is 304 g/mol. The molecule has 6 nitrogen and oxygen atoms in total. The summed E-state index contributed by atoms with van der Waals surface area (Å²) in [5.41, 5.74) is 0.917. The number of aromatic nitrogens is 2. The first-order valence-corrected chi connectivity index (χ1v) is 8.62. The Morgan fingerprint density at radius 1 is 1.25 bits per heavy atom. The van der Waals surface area contributed by atoms with E-state index in [-0.39, 0.29) is 0 Å². The van der Waals surface area contributed by atoms with Crippen LogP contribution in [-0.2, 0) is 6.54 Å². The van der Waals surface area contributed by atoms with Gasteiger partial charge in [0.15, 0.2) is 5.82 Å². The molecule has 0 atom stereocenters. The van der Waals surface area contributed by atoms with Crippen molar-refractivity contribution >= 4 is 0 Å². The van der Waals surface area contributed by atoms with Crippen LogP contribution in [0.2, 0.25) is 0 Å². The molecule has 1 fully saturated rings. The van der Waals surface area contributed by atoms with Crippen molar-refractivity contribution in [2.24, 2.45) is 5.92 Å². The first kappa shape index (κ1) is 16.9. The van der Waals surface area contributed by atoms with Crippen molar-refractivity contribution in [1.29, 1.82) is 0 Å². The van der Waals surface area contributed by atoms with Crippen LogP contribution in [0.5, 0.6) is 5.75 Å². The molecule has 0 saturated carbocycles.